The van der Waals surface area contributed by atoms with Crippen LogP contribution in [0.5, 0.6) is 0 Å². The first-order valence-electron chi connectivity index (χ1n) is 9.09. The molecule has 9 heteroatoms. The Labute approximate surface area is 177 Å². The summed E-state index contributed by atoms with van der Waals surface area (Å²) in [6.07, 6.45) is -11.0. The molecule has 0 saturated carbocycles. The molecule has 0 spiro atoms. The number of benzene rings is 2. The van der Waals surface area contributed by atoms with E-state index in [4.69, 9.17) is 4.74 Å². The fourth-order valence-electron chi connectivity index (χ4n) is 3.99. The average Bonchev–Trinajstić information content (AvgIpc) is 2.95. The number of hydrogen-bond acceptors (Lipinski definition) is 2. The van der Waals surface area contributed by atoms with E-state index in [-0.39, 0.29) is 30.0 Å². The molecule has 0 bridgehead atoms. The minimum absolute atomic E-state index is 0. The number of fused-ring (bicyclic) bond motifs is 1. The monoisotopic (exact) mass is 453 g/mol. The van der Waals surface area contributed by atoms with Gasteiger partial charge in [-0.15, -0.1) is 12.4 Å². The highest BCUT2D eigenvalue weighted by Gasteiger charge is 2.79. The first kappa shape index (κ1) is 24.5. The molecule has 166 valence electrons. The van der Waals surface area contributed by atoms with Crippen LogP contribution in [-0.4, -0.2) is 37.9 Å². The predicted octanol–water partition coefficient (Wildman–Crippen LogP) is 6.04. The lowest BCUT2D eigenvalue weighted by atomic mass is 9.80. The van der Waals surface area contributed by atoms with Crippen LogP contribution in [0.25, 0.3) is 0 Å². The topological polar surface area (TPSA) is 12.5 Å². The van der Waals surface area contributed by atoms with E-state index in [0.29, 0.717) is 13.0 Å². The fraction of sp³-hybridized carbons (Fsp3) is 0.429. The van der Waals surface area contributed by atoms with Crippen molar-refractivity contribution in [2.24, 2.45) is 0 Å². The summed E-state index contributed by atoms with van der Waals surface area (Å²) in [6.45, 7) is 0.491. The Morgan fingerprint density at radius 1 is 0.800 bits per heavy atom. The maximum Gasteiger partial charge on any atom is 0.430 e. The molecule has 0 aliphatic carbocycles. The number of alkyl halides is 6. The molecule has 1 unspecified atom stereocenters. The quantitative estimate of drug-likeness (QED) is 0.511. The molecule has 30 heavy (non-hydrogen) atoms. The predicted molar refractivity (Wildman–Crippen MR) is 104 cm³/mol. The van der Waals surface area contributed by atoms with Gasteiger partial charge in [0.2, 0.25) is 0 Å². The van der Waals surface area contributed by atoms with E-state index in [0.717, 1.165) is 6.07 Å². The molecule has 2 aromatic carbocycles. The fourth-order valence-corrected chi connectivity index (χ4v) is 3.99. The molecule has 1 heterocycles. The lowest BCUT2D eigenvalue weighted by Crippen LogP contribution is -2.55. The molecule has 2 aromatic rings. The second-order valence-corrected chi connectivity index (χ2v) is 7.42. The summed E-state index contributed by atoms with van der Waals surface area (Å²) in [5, 5.41) is 0. The van der Waals surface area contributed by atoms with Gasteiger partial charge in [-0.3, -0.25) is 0 Å². The number of nitrogens with zero attached hydrogens (tertiary/aromatic N) is 1. The van der Waals surface area contributed by atoms with E-state index in [1.807, 2.05) is 4.90 Å². The second kappa shape index (κ2) is 8.40. The standard InChI is InChI=1S/C21H21F6NO.ClH/c1-28(2)14-8-13-18(15-9-4-3-5-10-15)16-11-6-7-12-17(16)19(29-18,20(22,23)24)21(25,26)27;/h3-7,9-12H,8,13-14H2,1-2H3;1H. The van der Waals surface area contributed by atoms with Crippen molar-refractivity contribution in [3.63, 3.8) is 0 Å². The number of halogens is 7. The Bertz CT molecular complexity index is 839. The average molecular weight is 454 g/mol. The molecular weight excluding hydrogens is 432 g/mol. The molecule has 1 aliphatic heterocycles. The number of hydrogen-bond donors (Lipinski definition) is 0. The van der Waals surface area contributed by atoms with Crippen molar-refractivity contribution < 1.29 is 31.1 Å². The molecule has 0 radical (unpaired) electrons. The van der Waals surface area contributed by atoms with Gasteiger partial charge in [-0.2, -0.15) is 26.3 Å². The van der Waals surface area contributed by atoms with E-state index in [9.17, 15) is 26.3 Å². The van der Waals surface area contributed by atoms with Crippen molar-refractivity contribution in [2.45, 2.75) is 36.4 Å². The van der Waals surface area contributed by atoms with Gasteiger partial charge in [0, 0.05) is 5.56 Å². The zero-order valence-electron chi connectivity index (χ0n) is 16.3. The van der Waals surface area contributed by atoms with Crippen LogP contribution < -0.4 is 0 Å². The summed E-state index contributed by atoms with van der Waals surface area (Å²) in [5.74, 6) is 0. The SMILES string of the molecule is CN(C)CCCC1(c2ccccc2)OC(C(F)(F)F)(C(F)(F)F)c2ccccc21.Cl. The lowest BCUT2D eigenvalue weighted by molar-refractivity contribution is -0.400. The minimum Gasteiger partial charge on any atom is -0.337 e. The minimum atomic E-state index is -5.68. The zero-order chi connectivity index (χ0) is 21.5. The summed E-state index contributed by atoms with van der Waals surface area (Å²) in [6, 6.07) is 12.6. The maximum atomic E-state index is 14.0. The Balaban J connectivity index is 0.00000320. The van der Waals surface area contributed by atoms with Crippen LogP contribution in [0.1, 0.15) is 29.5 Å². The third-order valence-corrected chi connectivity index (χ3v) is 5.24. The first-order valence-corrected chi connectivity index (χ1v) is 9.09. The van der Waals surface area contributed by atoms with Crippen LogP contribution in [-0.2, 0) is 15.9 Å². The summed E-state index contributed by atoms with van der Waals surface area (Å²) in [4.78, 5) is 1.82. The van der Waals surface area contributed by atoms with Crippen LogP contribution in [0.4, 0.5) is 26.3 Å². The van der Waals surface area contributed by atoms with Gasteiger partial charge in [0.1, 0.15) is 5.60 Å². The van der Waals surface area contributed by atoms with Crippen molar-refractivity contribution in [1.29, 1.82) is 0 Å². The summed E-state index contributed by atoms with van der Waals surface area (Å²) >= 11 is 0. The molecule has 0 N–H and O–H groups in total. The van der Waals surface area contributed by atoms with Crippen LogP contribution in [0.3, 0.4) is 0 Å². The smallest absolute Gasteiger partial charge is 0.337 e. The molecule has 1 aliphatic rings. The number of ether oxygens (including phenoxy) is 1. The molecule has 2 nitrogen and oxygen atoms in total. The van der Waals surface area contributed by atoms with E-state index < -0.39 is 29.1 Å². The largest absolute Gasteiger partial charge is 0.430 e. The Morgan fingerprint density at radius 3 is 1.80 bits per heavy atom. The van der Waals surface area contributed by atoms with Gasteiger partial charge in [-0.25, -0.2) is 0 Å². The third kappa shape index (κ3) is 3.81. The van der Waals surface area contributed by atoms with Gasteiger partial charge < -0.3 is 9.64 Å². The molecule has 0 aromatic heterocycles. The third-order valence-electron chi connectivity index (χ3n) is 5.24. The van der Waals surface area contributed by atoms with E-state index in [2.05, 4.69) is 0 Å². The highest BCUT2D eigenvalue weighted by Crippen LogP contribution is 2.63. The van der Waals surface area contributed by atoms with Gasteiger partial charge in [0.05, 0.1) is 0 Å². The molecule has 1 atom stereocenters. The van der Waals surface area contributed by atoms with Crippen molar-refractivity contribution in [3.8, 4) is 0 Å². The Hall–Kier alpha value is -1.77. The van der Waals surface area contributed by atoms with Crippen LogP contribution in [0.2, 0.25) is 0 Å². The van der Waals surface area contributed by atoms with Gasteiger partial charge in [0.25, 0.3) is 5.60 Å². The van der Waals surface area contributed by atoms with E-state index in [1.165, 1.54) is 30.3 Å². The van der Waals surface area contributed by atoms with Gasteiger partial charge in [0.15, 0.2) is 0 Å². The van der Waals surface area contributed by atoms with Crippen LogP contribution >= 0.6 is 12.4 Å². The van der Waals surface area contributed by atoms with Crippen molar-refractivity contribution >= 4 is 12.4 Å². The first-order chi connectivity index (χ1) is 13.5. The Kier molecular flexibility index (Phi) is 6.86. The van der Waals surface area contributed by atoms with Crippen molar-refractivity contribution in [1.82, 2.24) is 4.90 Å². The maximum absolute atomic E-state index is 14.0. The molecule has 0 fully saturated rings. The molecular formula is C21H22ClF6NO. The van der Waals surface area contributed by atoms with Crippen molar-refractivity contribution in [3.05, 3.63) is 71.3 Å². The van der Waals surface area contributed by atoms with Gasteiger partial charge in [-0.1, -0.05) is 54.6 Å². The highest BCUT2D eigenvalue weighted by atomic mass is 35.5. The zero-order valence-corrected chi connectivity index (χ0v) is 17.2. The normalized spacial score (nSPS) is 20.7. The summed E-state index contributed by atoms with van der Waals surface area (Å²) in [5.41, 5.74) is -6.97. The van der Waals surface area contributed by atoms with Gasteiger partial charge in [-0.05, 0) is 44.6 Å². The number of rotatable bonds is 5. The molecule has 0 amide bonds. The second-order valence-electron chi connectivity index (χ2n) is 7.42. The van der Waals surface area contributed by atoms with Crippen LogP contribution in [0.15, 0.2) is 54.6 Å². The molecule has 0 saturated heterocycles. The highest BCUT2D eigenvalue weighted by molar-refractivity contribution is 5.85. The van der Waals surface area contributed by atoms with Gasteiger partial charge >= 0.3 is 12.4 Å². The van der Waals surface area contributed by atoms with E-state index in [1.54, 1.807) is 32.3 Å². The van der Waals surface area contributed by atoms with E-state index >= 15 is 0 Å². The van der Waals surface area contributed by atoms with Crippen molar-refractivity contribution in [2.75, 3.05) is 20.6 Å². The van der Waals surface area contributed by atoms with Crippen LogP contribution in [0, 0.1) is 0 Å². The summed E-state index contributed by atoms with van der Waals surface area (Å²) < 4.78 is 89.5. The molecule has 3 rings (SSSR count). The lowest BCUT2D eigenvalue weighted by Gasteiger charge is -2.38. The summed E-state index contributed by atoms with van der Waals surface area (Å²) in [7, 11) is 3.57. The Morgan fingerprint density at radius 2 is 1.30 bits per heavy atom.